The Labute approximate surface area is 261 Å². The van der Waals surface area contributed by atoms with Crippen molar-refractivity contribution in [3.05, 3.63) is 29.3 Å². The molecule has 1 spiro atoms. The van der Waals surface area contributed by atoms with E-state index in [-0.39, 0.29) is 23.0 Å². The molecule has 0 aromatic heterocycles. The highest BCUT2D eigenvalue weighted by Crippen LogP contribution is 2.70. The van der Waals surface area contributed by atoms with Gasteiger partial charge < -0.3 is 19.9 Å². The Kier molecular flexibility index (Phi) is 7.49. The van der Waals surface area contributed by atoms with Gasteiger partial charge in [-0.2, -0.15) is 5.10 Å². The predicted molar refractivity (Wildman–Crippen MR) is 171 cm³/mol. The zero-order valence-electron chi connectivity index (χ0n) is 25.6. The number of hydrogen-bond donors (Lipinski definition) is 3. The summed E-state index contributed by atoms with van der Waals surface area (Å²) in [4.78, 5) is 0. The van der Waals surface area contributed by atoms with Gasteiger partial charge in [0.25, 0.3) is 0 Å². The van der Waals surface area contributed by atoms with Crippen LogP contribution in [0.5, 0.6) is 0 Å². The fraction of sp³-hybridized carbons (Fsp3) is 0.765. The lowest BCUT2D eigenvalue weighted by atomic mass is 9.44. The third kappa shape index (κ3) is 4.58. The largest absolute Gasteiger partial charge is 0.393 e. The molecule has 8 heteroatoms. The maximum Gasteiger partial charge on any atom is 0.191 e. The van der Waals surface area contributed by atoms with Crippen molar-refractivity contribution >= 4 is 40.3 Å². The Hall–Kier alpha value is -1.25. The minimum absolute atomic E-state index is 0.0819. The fourth-order valence-corrected chi connectivity index (χ4v) is 11.2. The van der Waals surface area contributed by atoms with Crippen LogP contribution in [0.1, 0.15) is 85.5 Å². The van der Waals surface area contributed by atoms with E-state index in [2.05, 4.69) is 38.4 Å². The molecule has 12 atom stereocenters. The molecule has 3 N–H and O–H groups in total. The normalized spacial score (nSPS) is 48.7. The van der Waals surface area contributed by atoms with Crippen LogP contribution in [0, 0.1) is 52.3 Å². The van der Waals surface area contributed by atoms with Gasteiger partial charge in [-0.25, -0.2) is 0 Å². The average Bonchev–Trinajstić information content (AvgIpc) is 3.41. The zero-order chi connectivity index (χ0) is 29.4. The van der Waals surface area contributed by atoms with Gasteiger partial charge in [0.2, 0.25) is 0 Å². The summed E-state index contributed by atoms with van der Waals surface area (Å²) >= 11 is 11.8. The van der Waals surface area contributed by atoms with Crippen molar-refractivity contribution in [1.82, 2.24) is 5.43 Å². The maximum atomic E-state index is 10.6. The van der Waals surface area contributed by atoms with Crippen LogP contribution in [-0.2, 0) is 9.47 Å². The van der Waals surface area contributed by atoms with Crippen molar-refractivity contribution in [2.45, 2.75) is 103 Å². The lowest BCUT2D eigenvalue weighted by Crippen LogP contribution is -2.58. The number of nitrogens with zero attached hydrogens (tertiary/aromatic N) is 1. The van der Waals surface area contributed by atoms with Gasteiger partial charge in [-0.3, -0.25) is 5.43 Å². The molecular weight excluding hydrogens is 566 g/mol. The fourth-order valence-electron chi connectivity index (χ4n) is 10.9. The average molecular weight is 614 g/mol. The second kappa shape index (κ2) is 10.7. The minimum atomic E-state index is -0.459. The predicted octanol–water partition coefficient (Wildman–Crippen LogP) is 7.40. The number of nitrogens with one attached hydrogen (secondary N) is 2. The van der Waals surface area contributed by atoms with Crippen LogP contribution in [0.3, 0.4) is 0 Å². The molecule has 6 fully saturated rings. The Balaban J connectivity index is 1.21. The summed E-state index contributed by atoms with van der Waals surface area (Å²) in [5.74, 6) is 3.15. The minimum Gasteiger partial charge on any atom is -0.393 e. The van der Waals surface area contributed by atoms with E-state index < -0.39 is 5.79 Å². The molecule has 6 nitrogen and oxygen atoms in total. The lowest BCUT2D eigenvalue weighted by molar-refractivity contribution is -0.272. The molecule has 4 saturated carbocycles. The molecule has 1 aromatic rings. The lowest BCUT2D eigenvalue weighted by Gasteiger charge is -2.61. The molecule has 0 radical (unpaired) electrons. The van der Waals surface area contributed by atoms with E-state index in [9.17, 15) is 5.11 Å². The van der Waals surface area contributed by atoms with Crippen molar-refractivity contribution in [2.24, 2.45) is 57.4 Å². The Bertz CT molecular complexity index is 1230. The second-order valence-corrected chi connectivity index (χ2v) is 16.0. The first-order valence-corrected chi connectivity index (χ1v) is 17.2. The number of aliphatic hydroxyl groups is 1. The zero-order valence-corrected chi connectivity index (χ0v) is 27.1. The summed E-state index contributed by atoms with van der Waals surface area (Å²) in [6.45, 7) is 10.5. The van der Waals surface area contributed by atoms with Crippen molar-refractivity contribution < 1.29 is 14.6 Å². The maximum absolute atomic E-state index is 10.6. The molecule has 0 amide bonds. The van der Waals surface area contributed by atoms with E-state index in [0.717, 1.165) is 57.2 Å². The highest BCUT2D eigenvalue weighted by Gasteiger charge is 2.71. The monoisotopic (exact) mass is 613 g/mol. The van der Waals surface area contributed by atoms with E-state index in [4.69, 9.17) is 38.4 Å². The van der Waals surface area contributed by atoms with Gasteiger partial charge >= 0.3 is 0 Å². The SMILES string of the molecule is C[C@@H]1CC[C@@]2(OC1)O[C@H]1C[C@H]3[C@@H]4CC[C@H]5C[C@@H](O)CC[C@]5(C)[C@H]4C/C(=N\NC(=S)Nc4ccc(Cl)cc4)[C@]3(C)[C@H]1[C@@H]2C. The first-order chi connectivity index (χ1) is 20.0. The number of ether oxygens (including phenoxy) is 2. The molecule has 7 rings (SSSR count). The van der Waals surface area contributed by atoms with Gasteiger partial charge in [-0.1, -0.05) is 39.3 Å². The van der Waals surface area contributed by atoms with Gasteiger partial charge in [-0.15, -0.1) is 0 Å². The number of thiocarbonyl (C=S) groups is 1. The van der Waals surface area contributed by atoms with Crippen molar-refractivity contribution in [2.75, 3.05) is 11.9 Å². The summed E-state index contributed by atoms with van der Waals surface area (Å²) in [7, 11) is 0. The summed E-state index contributed by atoms with van der Waals surface area (Å²) in [5, 5.41) is 20.3. The summed E-state index contributed by atoms with van der Waals surface area (Å²) in [5.41, 5.74) is 5.57. The topological polar surface area (TPSA) is 75.1 Å². The Morgan fingerprint density at radius 3 is 2.57 bits per heavy atom. The molecule has 4 aliphatic carbocycles. The molecule has 2 heterocycles. The smallest absolute Gasteiger partial charge is 0.191 e. The number of benzene rings is 1. The molecule has 2 saturated heterocycles. The quantitative estimate of drug-likeness (QED) is 0.238. The molecule has 6 aliphatic rings. The Morgan fingerprint density at radius 2 is 1.83 bits per heavy atom. The highest BCUT2D eigenvalue weighted by molar-refractivity contribution is 7.80. The van der Waals surface area contributed by atoms with Gasteiger partial charge in [0, 0.05) is 40.1 Å². The summed E-state index contributed by atoms with van der Waals surface area (Å²) in [6.07, 6.45) is 9.73. The number of aliphatic hydroxyl groups excluding tert-OH is 1. The van der Waals surface area contributed by atoms with E-state index in [1.807, 2.05) is 24.3 Å². The molecule has 42 heavy (non-hydrogen) atoms. The van der Waals surface area contributed by atoms with Crippen molar-refractivity contribution in [3.8, 4) is 0 Å². The van der Waals surface area contributed by atoms with Crippen LogP contribution in [-0.4, -0.2) is 40.5 Å². The van der Waals surface area contributed by atoms with E-state index >= 15 is 0 Å². The first-order valence-electron chi connectivity index (χ1n) is 16.4. The standard InChI is InChI=1S/C34H48ClN3O3S/c1-19-11-14-34(40-18-19)20(2)30-28(41-34)16-27-25-10-5-21-15-24(39)12-13-32(21,3)26(25)17-29(33(27,30)4)37-38-31(42)36-23-8-6-22(35)7-9-23/h6-9,19-21,24-28,30,39H,5,10-18H2,1-4H3,(H2,36,38,42)/b37-29+/t19-,20+,21+,24+,25-,26+,27+,28+,30+,32+,33-,34-/m1/s1. The summed E-state index contributed by atoms with van der Waals surface area (Å²) < 4.78 is 13.6. The third-order valence-electron chi connectivity index (χ3n) is 13.2. The number of hydrogen-bond acceptors (Lipinski definition) is 5. The molecule has 2 aliphatic heterocycles. The summed E-state index contributed by atoms with van der Waals surface area (Å²) in [6, 6.07) is 7.57. The second-order valence-electron chi connectivity index (χ2n) is 15.2. The van der Waals surface area contributed by atoms with Crippen LogP contribution < -0.4 is 10.7 Å². The van der Waals surface area contributed by atoms with E-state index in [0.29, 0.717) is 51.6 Å². The molecule has 0 bridgehead atoms. The molecular formula is C34H48ClN3O3S. The van der Waals surface area contributed by atoms with Gasteiger partial charge in [0.05, 0.1) is 18.8 Å². The van der Waals surface area contributed by atoms with Gasteiger partial charge in [-0.05, 0) is 123 Å². The van der Waals surface area contributed by atoms with Gasteiger partial charge in [0.15, 0.2) is 10.9 Å². The van der Waals surface area contributed by atoms with Crippen LogP contribution in [0.2, 0.25) is 5.02 Å². The van der Waals surface area contributed by atoms with Crippen molar-refractivity contribution in [3.63, 3.8) is 0 Å². The number of hydrazone groups is 1. The van der Waals surface area contributed by atoms with E-state index in [1.54, 1.807) is 0 Å². The number of halogens is 1. The Morgan fingerprint density at radius 1 is 1.05 bits per heavy atom. The van der Waals surface area contributed by atoms with Crippen LogP contribution in [0.25, 0.3) is 0 Å². The molecule has 230 valence electrons. The first kappa shape index (κ1) is 29.5. The molecule has 1 aromatic carbocycles. The number of anilines is 1. The van der Waals surface area contributed by atoms with Crippen LogP contribution >= 0.6 is 23.8 Å². The highest BCUT2D eigenvalue weighted by atomic mass is 35.5. The van der Waals surface area contributed by atoms with E-state index in [1.165, 1.54) is 18.6 Å². The van der Waals surface area contributed by atoms with Crippen molar-refractivity contribution in [1.29, 1.82) is 0 Å². The molecule has 0 unspecified atom stereocenters. The number of rotatable bonds is 2. The van der Waals surface area contributed by atoms with Crippen LogP contribution in [0.4, 0.5) is 5.69 Å². The van der Waals surface area contributed by atoms with Gasteiger partial charge in [0.1, 0.15) is 0 Å². The number of fused-ring (bicyclic) bond motifs is 7. The third-order valence-corrected chi connectivity index (χ3v) is 13.6. The van der Waals surface area contributed by atoms with Crippen LogP contribution in [0.15, 0.2) is 29.4 Å².